The summed E-state index contributed by atoms with van der Waals surface area (Å²) in [7, 11) is 0. The minimum atomic E-state index is -0.576. The number of rotatable bonds is 6. The molecule has 0 unspecified atom stereocenters. The maximum absolute atomic E-state index is 9.90. The van der Waals surface area contributed by atoms with E-state index in [1.54, 1.807) is 24.3 Å². The number of benzene rings is 1. The highest BCUT2D eigenvalue weighted by Gasteiger charge is 2.19. The molecule has 0 radical (unpaired) electrons. The summed E-state index contributed by atoms with van der Waals surface area (Å²) in [6.45, 7) is 0.700. The Balaban J connectivity index is 1.65. The molecular formula is C16H22N2O3. The monoisotopic (exact) mass is 290 g/mol. The fourth-order valence-electron chi connectivity index (χ4n) is 2.46. The van der Waals surface area contributed by atoms with Gasteiger partial charge in [0, 0.05) is 12.6 Å². The van der Waals surface area contributed by atoms with Gasteiger partial charge in [0.1, 0.15) is 18.5 Å². The molecule has 1 aliphatic rings. The third-order valence-corrected chi connectivity index (χ3v) is 3.76. The van der Waals surface area contributed by atoms with Crippen LogP contribution < -0.4 is 10.1 Å². The fraction of sp³-hybridized carbons (Fsp3) is 0.562. The molecule has 0 saturated heterocycles. The van der Waals surface area contributed by atoms with Crippen LogP contribution >= 0.6 is 0 Å². The number of nitrogens with zero attached hydrogens (tertiary/aromatic N) is 1. The van der Waals surface area contributed by atoms with E-state index in [2.05, 4.69) is 5.32 Å². The number of aliphatic hydroxyl groups is 2. The predicted molar refractivity (Wildman–Crippen MR) is 78.9 cm³/mol. The van der Waals surface area contributed by atoms with Gasteiger partial charge in [0.15, 0.2) is 0 Å². The van der Waals surface area contributed by atoms with Crippen molar-refractivity contribution in [3.8, 4) is 11.8 Å². The molecule has 0 bridgehead atoms. The fourth-order valence-corrected chi connectivity index (χ4v) is 2.46. The molecule has 1 aliphatic carbocycles. The molecule has 0 aromatic heterocycles. The molecule has 0 spiro atoms. The van der Waals surface area contributed by atoms with Gasteiger partial charge in [-0.3, -0.25) is 0 Å². The van der Waals surface area contributed by atoms with Crippen molar-refractivity contribution in [2.75, 3.05) is 13.2 Å². The van der Waals surface area contributed by atoms with Gasteiger partial charge < -0.3 is 20.3 Å². The topological polar surface area (TPSA) is 85.5 Å². The van der Waals surface area contributed by atoms with Crippen LogP contribution in [0, 0.1) is 11.3 Å². The predicted octanol–water partition coefficient (Wildman–Crippen LogP) is 1.19. The Kier molecular flexibility index (Phi) is 6.00. The maximum atomic E-state index is 9.90. The van der Waals surface area contributed by atoms with Crippen LogP contribution in [-0.4, -0.2) is 41.6 Å². The molecular weight excluding hydrogens is 268 g/mol. The number of nitriles is 1. The summed E-state index contributed by atoms with van der Waals surface area (Å²) in [4.78, 5) is 0. The zero-order valence-electron chi connectivity index (χ0n) is 12.0. The van der Waals surface area contributed by atoms with Crippen molar-refractivity contribution in [3.63, 3.8) is 0 Å². The Morgan fingerprint density at radius 1 is 1.24 bits per heavy atom. The number of aliphatic hydroxyl groups excluding tert-OH is 2. The number of ether oxygens (including phenoxy) is 1. The van der Waals surface area contributed by atoms with Gasteiger partial charge in [-0.25, -0.2) is 0 Å². The lowest BCUT2D eigenvalue weighted by atomic mass is 9.93. The maximum Gasteiger partial charge on any atom is 0.119 e. The summed E-state index contributed by atoms with van der Waals surface area (Å²) in [5.74, 6) is 0.647. The highest BCUT2D eigenvalue weighted by Crippen LogP contribution is 2.18. The minimum absolute atomic E-state index is 0.160. The standard InChI is InChI=1S/C16H22N2O3/c17-9-12-1-7-16(8-2-12)21-11-15(20)10-18-13-3-5-14(19)6-4-13/h1-2,7-8,13-15,18-20H,3-6,10-11H2/t13?,14?,15-/m0/s1. The van der Waals surface area contributed by atoms with E-state index in [0.717, 1.165) is 25.7 Å². The minimum Gasteiger partial charge on any atom is -0.491 e. The molecule has 0 amide bonds. The molecule has 1 saturated carbocycles. The lowest BCUT2D eigenvalue weighted by Crippen LogP contribution is -2.40. The highest BCUT2D eigenvalue weighted by molar-refractivity contribution is 5.34. The molecule has 21 heavy (non-hydrogen) atoms. The van der Waals surface area contributed by atoms with Crippen LogP contribution in [0.3, 0.4) is 0 Å². The van der Waals surface area contributed by atoms with Crippen molar-refractivity contribution in [2.24, 2.45) is 0 Å². The summed E-state index contributed by atoms with van der Waals surface area (Å²) in [6.07, 6.45) is 2.82. The first-order valence-electron chi connectivity index (χ1n) is 7.40. The lowest BCUT2D eigenvalue weighted by molar-refractivity contribution is 0.0901. The highest BCUT2D eigenvalue weighted by atomic mass is 16.5. The van der Waals surface area contributed by atoms with E-state index in [1.165, 1.54) is 0 Å². The first kappa shape index (κ1) is 15.8. The van der Waals surface area contributed by atoms with Gasteiger partial charge in [0.05, 0.1) is 17.7 Å². The SMILES string of the molecule is N#Cc1ccc(OC[C@@H](O)CNC2CCC(O)CC2)cc1. The lowest BCUT2D eigenvalue weighted by Gasteiger charge is -2.27. The molecule has 0 heterocycles. The third-order valence-electron chi connectivity index (χ3n) is 3.76. The van der Waals surface area contributed by atoms with Crippen LogP contribution in [-0.2, 0) is 0 Å². The quantitative estimate of drug-likeness (QED) is 0.733. The Morgan fingerprint density at radius 3 is 2.52 bits per heavy atom. The van der Waals surface area contributed by atoms with Crippen LogP contribution in [0.4, 0.5) is 0 Å². The van der Waals surface area contributed by atoms with Crippen molar-refractivity contribution < 1.29 is 14.9 Å². The average Bonchev–Trinajstić information content (AvgIpc) is 2.53. The van der Waals surface area contributed by atoms with E-state index in [4.69, 9.17) is 10.00 Å². The molecule has 1 aromatic rings. The van der Waals surface area contributed by atoms with Crippen molar-refractivity contribution in [3.05, 3.63) is 29.8 Å². The van der Waals surface area contributed by atoms with Crippen LogP contribution in [0.2, 0.25) is 0 Å². The second-order valence-electron chi connectivity index (χ2n) is 5.51. The van der Waals surface area contributed by atoms with Crippen molar-refractivity contribution in [1.82, 2.24) is 5.32 Å². The second-order valence-corrected chi connectivity index (χ2v) is 5.51. The molecule has 5 nitrogen and oxygen atoms in total. The van der Waals surface area contributed by atoms with Gasteiger partial charge in [0.2, 0.25) is 0 Å². The van der Waals surface area contributed by atoms with Crippen LogP contribution in [0.1, 0.15) is 31.2 Å². The molecule has 114 valence electrons. The Hall–Kier alpha value is -1.61. The van der Waals surface area contributed by atoms with E-state index in [-0.39, 0.29) is 12.7 Å². The number of hydrogen-bond donors (Lipinski definition) is 3. The Bertz CT molecular complexity index is 461. The third kappa shape index (κ3) is 5.35. The molecule has 2 rings (SSSR count). The zero-order chi connectivity index (χ0) is 15.1. The molecule has 1 atom stereocenters. The van der Waals surface area contributed by atoms with E-state index in [0.29, 0.717) is 23.9 Å². The van der Waals surface area contributed by atoms with E-state index < -0.39 is 6.10 Å². The molecule has 1 fully saturated rings. The van der Waals surface area contributed by atoms with E-state index in [9.17, 15) is 10.2 Å². The Labute approximate surface area is 125 Å². The first-order valence-corrected chi connectivity index (χ1v) is 7.40. The molecule has 5 heteroatoms. The van der Waals surface area contributed by atoms with Crippen molar-refractivity contribution >= 4 is 0 Å². The summed E-state index contributed by atoms with van der Waals surface area (Å²) >= 11 is 0. The van der Waals surface area contributed by atoms with E-state index >= 15 is 0 Å². The number of nitrogens with one attached hydrogen (secondary N) is 1. The summed E-state index contributed by atoms with van der Waals surface area (Å²) in [5, 5.41) is 31.4. The molecule has 3 N–H and O–H groups in total. The van der Waals surface area contributed by atoms with Gasteiger partial charge in [-0.1, -0.05) is 0 Å². The van der Waals surface area contributed by atoms with Crippen LogP contribution in [0.5, 0.6) is 5.75 Å². The molecule has 0 aliphatic heterocycles. The van der Waals surface area contributed by atoms with Gasteiger partial charge in [0.25, 0.3) is 0 Å². The second kappa shape index (κ2) is 7.99. The average molecular weight is 290 g/mol. The van der Waals surface area contributed by atoms with Crippen molar-refractivity contribution in [2.45, 2.75) is 43.9 Å². The summed E-state index contributed by atoms with van der Waals surface area (Å²) in [5.41, 5.74) is 0.587. The zero-order valence-corrected chi connectivity index (χ0v) is 12.0. The number of hydrogen-bond acceptors (Lipinski definition) is 5. The van der Waals surface area contributed by atoms with Crippen LogP contribution in [0.15, 0.2) is 24.3 Å². The van der Waals surface area contributed by atoms with Gasteiger partial charge in [-0.15, -0.1) is 0 Å². The largest absolute Gasteiger partial charge is 0.491 e. The van der Waals surface area contributed by atoms with Gasteiger partial charge in [-0.05, 0) is 49.9 Å². The summed E-state index contributed by atoms with van der Waals surface area (Å²) in [6, 6.07) is 9.24. The van der Waals surface area contributed by atoms with Crippen LogP contribution in [0.25, 0.3) is 0 Å². The smallest absolute Gasteiger partial charge is 0.119 e. The summed E-state index contributed by atoms with van der Waals surface area (Å²) < 4.78 is 5.48. The van der Waals surface area contributed by atoms with E-state index in [1.807, 2.05) is 6.07 Å². The Morgan fingerprint density at radius 2 is 1.90 bits per heavy atom. The van der Waals surface area contributed by atoms with Gasteiger partial charge >= 0.3 is 0 Å². The molecule has 1 aromatic carbocycles. The van der Waals surface area contributed by atoms with Crippen molar-refractivity contribution in [1.29, 1.82) is 5.26 Å². The normalized spacial score (nSPS) is 23.3. The van der Waals surface area contributed by atoms with Gasteiger partial charge in [-0.2, -0.15) is 5.26 Å². The first-order chi connectivity index (χ1) is 10.2.